The Balaban J connectivity index is 1.81. The van der Waals surface area contributed by atoms with Gasteiger partial charge in [0, 0.05) is 17.1 Å². The summed E-state index contributed by atoms with van der Waals surface area (Å²) in [4.78, 5) is 4.15. The molecule has 3 rings (SSSR count). The molecule has 0 amide bonds. The number of nitriles is 1. The first-order valence-corrected chi connectivity index (χ1v) is 6.78. The number of aromatic amines is 1. The molecule has 5 heteroatoms. The second-order valence-corrected chi connectivity index (χ2v) is 5.06. The molecule has 0 aliphatic heterocycles. The van der Waals surface area contributed by atoms with Crippen molar-refractivity contribution in [3.8, 4) is 6.07 Å². The van der Waals surface area contributed by atoms with E-state index in [0.717, 1.165) is 15.8 Å². The number of hydrogen-bond donors (Lipinski definition) is 2. The Bertz CT molecular complexity index is 804. The molecule has 0 aliphatic carbocycles. The Hall–Kier alpha value is -2.45. The van der Waals surface area contributed by atoms with E-state index < -0.39 is 5.82 Å². The highest BCUT2D eigenvalue weighted by atomic mass is 32.2. The van der Waals surface area contributed by atoms with E-state index in [1.807, 2.05) is 36.5 Å². The van der Waals surface area contributed by atoms with Crippen molar-refractivity contribution in [3.63, 3.8) is 0 Å². The van der Waals surface area contributed by atoms with E-state index >= 15 is 0 Å². The van der Waals surface area contributed by atoms with Gasteiger partial charge >= 0.3 is 0 Å². The van der Waals surface area contributed by atoms with Crippen molar-refractivity contribution < 1.29 is 4.39 Å². The van der Waals surface area contributed by atoms with Gasteiger partial charge in [0.15, 0.2) is 0 Å². The van der Waals surface area contributed by atoms with Gasteiger partial charge in [-0.25, -0.2) is 4.39 Å². The number of para-hydroxylation sites is 1. The highest BCUT2D eigenvalue weighted by molar-refractivity contribution is 8.00. The molecule has 0 fully saturated rings. The van der Waals surface area contributed by atoms with Gasteiger partial charge < -0.3 is 9.71 Å². The van der Waals surface area contributed by atoms with Crippen LogP contribution in [0, 0.1) is 17.1 Å². The molecule has 0 saturated carbocycles. The van der Waals surface area contributed by atoms with Gasteiger partial charge in [-0.1, -0.05) is 18.2 Å². The first-order valence-electron chi connectivity index (χ1n) is 5.96. The molecule has 0 spiro atoms. The van der Waals surface area contributed by atoms with E-state index in [2.05, 4.69) is 9.71 Å². The van der Waals surface area contributed by atoms with Crippen LogP contribution in [-0.4, -0.2) is 4.98 Å². The van der Waals surface area contributed by atoms with Gasteiger partial charge in [-0.05, 0) is 36.2 Å². The summed E-state index contributed by atoms with van der Waals surface area (Å²) in [5.74, 6) is -0.434. The predicted octanol–water partition coefficient (Wildman–Crippen LogP) is 4.30. The third-order valence-corrected chi connectivity index (χ3v) is 3.80. The maximum Gasteiger partial charge on any atom is 0.148 e. The Morgan fingerprint density at radius 2 is 2.05 bits per heavy atom. The molecule has 98 valence electrons. The average molecular weight is 283 g/mol. The number of benzene rings is 2. The summed E-state index contributed by atoms with van der Waals surface area (Å²) in [6.45, 7) is 0. The first-order chi connectivity index (χ1) is 9.78. The number of nitrogens with zero attached hydrogens (tertiary/aromatic N) is 1. The molecule has 0 radical (unpaired) electrons. The van der Waals surface area contributed by atoms with Crippen LogP contribution in [0.1, 0.15) is 5.56 Å². The largest absolute Gasteiger partial charge is 0.360 e. The van der Waals surface area contributed by atoms with Gasteiger partial charge in [-0.2, -0.15) is 5.26 Å². The molecule has 0 saturated heterocycles. The summed E-state index contributed by atoms with van der Waals surface area (Å²) >= 11 is 1.33. The molecule has 3 aromatic rings. The molecule has 20 heavy (non-hydrogen) atoms. The molecular formula is C15H10FN3S. The maximum absolute atomic E-state index is 13.7. The highest BCUT2D eigenvalue weighted by Gasteiger charge is 2.06. The summed E-state index contributed by atoms with van der Waals surface area (Å²) < 4.78 is 16.7. The van der Waals surface area contributed by atoms with Crippen molar-refractivity contribution in [3.05, 3.63) is 60.0 Å². The lowest BCUT2D eigenvalue weighted by Gasteiger charge is -2.05. The fraction of sp³-hybridized carbons (Fsp3) is 0. The number of hydrogen-bond acceptors (Lipinski definition) is 3. The van der Waals surface area contributed by atoms with Gasteiger partial charge in [0.25, 0.3) is 0 Å². The number of H-pyrrole nitrogens is 1. The van der Waals surface area contributed by atoms with Crippen LogP contribution in [0.5, 0.6) is 0 Å². The first kappa shape index (κ1) is 12.6. The highest BCUT2D eigenvalue weighted by Crippen LogP contribution is 2.29. The van der Waals surface area contributed by atoms with Crippen LogP contribution < -0.4 is 4.72 Å². The minimum atomic E-state index is -0.434. The Kier molecular flexibility index (Phi) is 3.32. The van der Waals surface area contributed by atoms with Crippen LogP contribution in [0.4, 0.5) is 10.1 Å². The molecule has 0 atom stereocenters. The Morgan fingerprint density at radius 3 is 2.85 bits per heavy atom. The normalized spacial score (nSPS) is 10.4. The standard InChI is InChI=1S/C15H10FN3S/c16-12-7-10(8-17)5-6-14(12)19-20-15-9-18-13-4-2-1-3-11(13)15/h1-7,9,18-19H. The van der Waals surface area contributed by atoms with E-state index in [0.29, 0.717) is 11.3 Å². The summed E-state index contributed by atoms with van der Waals surface area (Å²) in [5, 5.41) is 9.79. The molecule has 0 bridgehead atoms. The number of aromatic nitrogens is 1. The number of halogens is 1. The average Bonchev–Trinajstić information content (AvgIpc) is 2.89. The summed E-state index contributed by atoms with van der Waals surface area (Å²) in [7, 11) is 0. The van der Waals surface area contributed by atoms with Crippen LogP contribution in [0.25, 0.3) is 10.9 Å². The molecule has 2 aromatic carbocycles. The van der Waals surface area contributed by atoms with E-state index in [1.54, 1.807) is 12.1 Å². The smallest absolute Gasteiger partial charge is 0.148 e. The molecule has 1 heterocycles. The number of rotatable bonds is 3. The van der Waals surface area contributed by atoms with Crippen LogP contribution >= 0.6 is 11.9 Å². The Labute approximate surface area is 119 Å². The van der Waals surface area contributed by atoms with Gasteiger partial charge in [-0.15, -0.1) is 0 Å². The van der Waals surface area contributed by atoms with Crippen molar-refractivity contribution in [1.29, 1.82) is 5.26 Å². The van der Waals surface area contributed by atoms with Crippen molar-refractivity contribution in [1.82, 2.24) is 4.98 Å². The van der Waals surface area contributed by atoms with Crippen LogP contribution in [0.2, 0.25) is 0 Å². The minimum Gasteiger partial charge on any atom is -0.360 e. The number of fused-ring (bicyclic) bond motifs is 1. The van der Waals surface area contributed by atoms with E-state index in [1.165, 1.54) is 18.0 Å². The van der Waals surface area contributed by atoms with Crippen LogP contribution in [0.3, 0.4) is 0 Å². The van der Waals surface area contributed by atoms with Crippen LogP contribution in [-0.2, 0) is 0 Å². The third kappa shape index (κ3) is 2.33. The zero-order valence-electron chi connectivity index (χ0n) is 10.4. The van der Waals surface area contributed by atoms with Gasteiger partial charge in [0.2, 0.25) is 0 Å². The van der Waals surface area contributed by atoms with Crippen molar-refractivity contribution >= 4 is 28.5 Å². The lowest BCUT2D eigenvalue weighted by atomic mass is 10.2. The summed E-state index contributed by atoms with van der Waals surface area (Å²) in [6.07, 6.45) is 1.88. The van der Waals surface area contributed by atoms with Crippen molar-refractivity contribution in [2.45, 2.75) is 4.90 Å². The molecule has 1 aromatic heterocycles. The lowest BCUT2D eigenvalue weighted by molar-refractivity contribution is 0.632. The molecule has 2 N–H and O–H groups in total. The van der Waals surface area contributed by atoms with Gasteiger partial charge in [0.1, 0.15) is 5.82 Å². The van der Waals surface area contributed by atoms with Crippen molar-refractivity contribution in [2.24, 2.45) is 0 Å². The molecule has 3 nitrogen and oxygen atoms in total. The SMILES string of the molecule is N#Cc1ccc(NSc2c[nH]c3ccccc23)c(F)c1. The molecular weight excluding hydrogens is 273 g/mol. The summed E-state index contributed by atoms with van der Waals surface area (Å²) in [5.41, 5.74) is 1.71. The van der Waals surface area contributed by atoms with E-state index in [9.17, 15) is 4.39 Å². The van der Waals surface area contributed by atoms with Gasteiger partial charge in [-0.3, -0.25) is 0 Å². The quantitative estimate of drug-likeness (QED) is 0.705. The second-order valence-electron chi connectivity index (χ2n) is 4.21. The molecule has 0 unspecified atom stereocenters. The van der Waals surface area contributed by atoms with Crippen LogP contribution in [0.15, 0.2) is 53.6 Å². The maximum atomic E-state index is 13.7. The topological polar surface area (TPSA) is 51.6 Å². The lowest BCUT2D eigenvalue weighted by Crippen LogP contribution is -1.91. The number of anilines is 1. The monoisotopic (exact) mass is 283 g/mol. The summed E-state index contributed by atoms with van der Waals surface area (Å²) in [6, 6.07) is 14.2. The van der Waals surface area contributed by atoms with E-state index in [-0.39, 0.29) is 0 Å². The fourth-order valence-electron chi connectivity index (χ4n) is 1.91. The predicted molar refractivity (Wildman–Crippen MR) is 78.9 cm³/mol. The van der Waals surface area contributed by atoms with Gasteiger partial charge in [0.05, 0.1) is 22.2 Å². The zero-order chi connectivity index (χ0) is 13.9. The molecule has 0 aliphatic rings. The van der Waals surface area contributed by atoms with E-state index in [4.69, 9.17) is 5.26 Å². The Morgan fingerprint density at radius 1 is 1.20 bits per heavy atom. The van der Waals surface area contributed by atoms with Crippen molar-refractivity contribution in [2.75, 3.05) is 4.72 Å². The third-order valence-electron chi connectivity index (χ3n) is 2.92. The fourth-order valence-corrected chi connectivity index (χ4v) is 2.70. The zero-order valence-corrected chi connectivity index (χ0v) is 11.2. The minimum absolute atomic E-state index is 0.310. The second kappa shape index (κ2) is 5.27. The number of nitrogens with one attached hydrogen (secondary N) is 2.